The van der Waals surface area contributed by atoms with Gasteiger partial charge in [0.25, 0.3) is 10.2 Å². The van der Waals surface area contributed by atoms with Crippen molar-refractivity contribution in [2.45, 2.75) is 90.3 Å². The second-order valence-corrected chi connectivity index (χ2v) is 12.8. The molecule has 8 nitrogen and oxygen atoms in total. The molecule has 3 aliphatic rings. The fourth-order valence-electron chi connectivity index (χ4n) is 6.90. The molecular formula is C28H44N6O2S. The lowest BCUT2D eigenvalue weighted by atomic mass is 9.86. The Labute approximate surface area is 222 Å². The number of aromatic nitrogens is 2. The van der Waals surface area contributed by atoms with E-state index in [0.29, 0.717) is 25.0 Å². The summed E-state index contributed by atoms with van der Waals surface area (Å²) in [6.45, 7) is 10.2. The molecule has 2 aliphatic heterocycles. The molecule has 4 heterocycles. The number of hydrogen-bond donors (Lipinski definition) is 2. The number of nitrogens with two attached hydrogens (primary N) is 1. The van der Waals surface area contributed by atoms with Crippen LogP contribution in [0.25, 0.3) is 11.0 Å². The van der Waals surface area contributed by atoms with Crippen LogP contribution < -0.4 is 9.86 Å². The normalized spacial score (nSPS) is 22.8. The highest BCUT2D eigenvalue weighted by atomic mass is 32.2. The SMILES string of the molecule is CC(C)=C1CCC(N2CCC(n3c(CCNS(N)(=O)=O)c(CN4CCCC4)c4cccnc43)CC2)CC1. The summed E-state index contributed by atoms with van der Waals surface area (Å²) in [7, 11) is -3.72. The Morgan fingerprint density at radius 1 is 1.05 bits per heavy atom. The minimum absolute atomic E-state index is 0.301. The summed E-state index contributed by atoms with van der Waals surface area (Å²) in [5.41, 5.74) is 6.76. The van der Waals surface area contributed by atoms with Crippen molar-refractivity contribution in [3.8, 4) is 0 Å². The summed E-state index contributed by atoms with van der Waals surface area (Å²) in [6, 6.07) is 5.30. The van der Waals surface area contributed by atoms with Gasteiger partial charge in [0, 0.05) is 62.0 Å². The number of fused-ring (bicyclic) bond motifs is 1. The van der Waals surface area contributed by atoms with E-state index in [0.717, 1.165) is 51.2 Å². The van der Waals surface area contributed by atoms with E-state index in [2.05, 4.69) is 39.0 Å². The van der Waals surface area contributed by atoms with Gasteiger partial charge in [-0.15, -0.1) is 0 Å². The van der Waals surface area contributed by atoms with Crippen LogP contribution in [0.15, 0.2) is 29.5 Å². The number of piperidine rings is 1. The molecule has 3 N–H and O–H groups in total. The largest absolute Gasteiger partial charge is 0.326 e. The van der Waals surface area contributed by atoms with E-state index in [1.54, 1.807) is 5.57 Å². The van der Waals surface area contributed by atoms with Gasteiger partial charge in [-0.3, -0.25) is 4.90 Å². The Bertz CT molecular complexity index is 1210. The molecule has 2 aromatic rings. The van der Waals surface area contributed by atoms with Crippen molar-refractivity contribution >= 4 is 21.2 Å². The van der Waals surface area contributed by atoms with Crippen LogP contribution in [0.1, 0.15) is 82.5 Å². The standard InChI is InChI=1S/C28H44N6O2S/c1-21(2)22-7-9-23(10-8-22)33-18-12-24(13-19-33)34-27(11-15-31-37(29,35)36)26(20-32-16-3-4-17-32)25-6-5-14-30-28(25)34/h5-6,14,23-24,31H,3-4,7-13,15-20H2,1-2H3,(H2,29,35,36). The van der Waals surface area contributed by atoms with E-state index in [4.69, 9.17) is 10.1 Å². The van der Waals surface area contributed by atoms with Crippen LogP contribution in [-0.2, 0) is 23.2 Å². The van der Waals surface area contributed by atoms with Gasteiger partial charge in [0.05, 0.1) is 0 Å². The zero-order chi connectivity index (χ0) is 26.0. The Hall–Kier alpha value is -1.78. The molecule has 0 unspecified atom stereocenters. The predicted molar refractivity (Wildman–Crippen MR) is 150 cm³/mol. The van der Waals surface area contributed by atoms with Crippen LogP contribution in [0.4, 0.5) is 0 Å². The summed E-state index contributed by atoms with van der Waals surface area (Å²) in [5.74, 6) is 0. The highest BCUT2D eigenvalue weighted by molar-refractivity contribution is 7.87. The minimum atomic E-state index is -3.72. The zero-order valence-electron chi connectivity index (χ0n) is 22.6. The van der Waals surface area contributed by atoms with E-state index in [9.17, 15) is 8.42 Å². The van der Waals surface area contributed by atoms with E-state index in [1.807, 2.05) is 12.3 Å². The fourth-order valence-corrected chi connectivity index (χ4v) is 7.28. The van der Waals surface area contributed by atoms with Crippen molar-refractivity contribution in [2.75, 3.05) is 32.7 Å². The van der Waals surface area contributed by atoms with Gasteiger partial charge in [0.2, 0.25) is 0 Å². The molecule has 0 radical (unpaired) electrons. The smallest absolute Gasteiger partial charge is 0.274 e. The third kappa shape index (κ3) is 6.28. The topological polar surface area (TPSA) is 96.5 Å². The van der Waals surface area contributed by atoms with Crippen LogP contribution in [-0.4, -0.2) is 66.5 Å². The molecule has 0 amide bonds. The first kappa shape index (κ1) is 26.8. The third-order valence-corrected chi connectivity index (χ3v) is 9.48. The van der Waals surface area contributed by atoms with Gasteiger partial charge in [-0.1, -0.05) is 11.1 Å². The molecule has 9 heteroatoms. The number of nitrogens with one attached hydrogen (secondary N) is 1. The van der Waals surface area contributed by atoms with Crippen molar-refractivity contribution in [3.05, 3.63) is 40.7 Å². The number of allylic oxidation sites excluding steroid dienone is 2. The zero-order valence-corrected chi connectivity index (χ0v) is 23.4. The summed E-state index contributed by atoms with van der Waals surface area (Å²) in [6.07, 6.45) is 12.3. The Morgan fingerprint density at radius 2 is 1.76 bits per heavy atom. The minimum Gasteiger partial charge on any atom is -0.326 e. The molecule has 1 aliphatic carbocycles. The van der Waals surface area contributed by atoms with Gasteiger partial charge in [0.1, 0.15) is 5.65 Å². The highest BCUT2D eigenvalue weighted by Crippen LogP contribution is 2.36. The number of rotatable bonds is 8. The molecule has 0 spiro atoms. The summed E-state index contributed by atoms with van der Waals surface area (Å²) in [5, 5.41) is 6.47. The van der Waals surface area contributed by atoms with Crippen LogP contribution in [0.3, 0.4) is 0 Å². The van der Waals surface area contributed by atoms with Crippen molar-refractivity contribution in [1.82, 2.24) is 24.1 Å². The highest BCUT2D eigenvalue weighted by Gasteiger charge is 2.31. The number of hydrogen-bond acceptors (Lipinski definition) is 5. The second-order valence-electron chi connectivity index (χ2n) is 11.4. The number of nitrogens with zero attached hydrogens (tertiary/aromatic N) is 4. The first-order valence-electron chi connectivity index (χ1n) is 14.2. The molecule has 37 heavy (non-hydrogen) atoms. The van der Waals surface area contributed by atoms with Crippen LogP contribution in [0, 0.1) is 0 Å². The average molecular weight is 529 g/mol. The van der Waals surface area contributed by atoms with E-state index < -0.39 is 10.2 Å². The Morgan fingerprint density at radius 3 is 2.41 bits per heavy atom. The molecule has 0 bridgehead atoms. The van der Waals surface area contributed by atoms with Gasteiger partial charge in [-0.05, 0) is 96.0 Å². The lowest BCUT2D eigenvalue weighted by Gasteiger charge is -2.40. The summed E-state index contributed by atoms with van der Waals surface area (Å²) >= 11 is 0. The molecule has 5 rings (SSSR count). The first-order chi connectivity index (χ1) is 17.8. The fraction of sp³-hybridized carbons (Fsp3) is 0.679. The Balaban J connectivity index is 1.38. The third-order valence-electron chi connectivity index (χ3n) is 8.87. The van der Waals surface area contributed by atoms with E-state index in [-0.39, 0.29) is 0 Å². The lowest BCUT2D eigenvalue weighted by molar-refractivity contribution is 0.116. The molecule has 2 saturated heterocycles. The first-order valence-corrected chi connectivity index (χ1v) is 15.7. The van der Waals surface area contributed by atoms with Crippen LogP contribution in [0.5, 0.6) is 0 Å². The number of likely N-dealkylation sites (tertiary alicyclic amines) is 2. The van der Waals surface area contributed by atoms with Crippen molar-refractivity contribution in [2.24, 2.45) is 5.14 Å². The van der Waals surface area contributed by atoms with Gasteiger partial charge in [-0.25, -0.2) is 14.8 Å². The lowest BCUT2D eigenvalue weighted by Crippen LogP contribution is -2.43. The maximum absolute atomic E-state index is 11.6. The molecule has 0 atom stereocenters. The van der Waals surface area contributed by atoms with Gasteiger partial charge in [-0.2, -0.15) is 8.42 Å². The number of pyridine rings is 1. The average Bonchev–Trinajstić information content (AvgIpc) is 3.50. The Kier molecular flexibility index (Phi) is 8.36. The molecule has 1 saturated carbocycles. The summed E-state index contributed by atoms with van der Waals surface area (Å²) < 4.78 is 28.2. The van der Waals surface area contributed by atoms with Crippen LogP contribution >= 0.6 is 0 Å². The van der Waals surface area contributed by atoms with E-state index >= 15 is 0 Å². The second kappa shape index (κ2) is 11.5. The van der Waals surface area contributed by atoms with Crippen LogP contribution in [0.2, 0.25) is 0 Å². The monoisotopic (exact) mass is 528 g/mol. The van der Waals surface area contributed by atoms with Gasteiger partial charge in [0.15, 0.2) is 0 Å². The molecule has 0 aromatic carbocycles. The van der Waals surface area contributed by atoms with Gasteiger partial charge < -0.3 is 9.47 Å². The maximum Gasteiger partial charge on any atom is 0.274 e. The molecule has 3 fully saturated rings. The van der Waals surface area contributed by atoms with E-state index in [1.165, 1.54) is 60.7 Å². The van der Waals surface area contributed by atoms with Crippen molar-refractivity contribution < 1.29 is 8.42 Å². The molecule has 204 valence electrons. The molecule has 2 aromatic heterocycles. The van der Waals surface area contributed by atoms with Crippen molar-refractivity contribution in [3.63, 3.8) is 0 Å². The van der Waals surface area contributed by atoms with Gasteiger partial charge >= 0.3 is 0 Å². The van der Waals surface area contributed by atoms with Crippen molar-refractivity contribution in [1.29, 1.82) is 0 Å². The quantitative estimate of drug-likeness (QED) is 0.507. The molecular weight excluding hydrogens is 484 g/mol. The summed E-state index contributed by atoms with van der Waals surface area (Å²) in [4.78, 5) is 10.1. The maximum atomic E-state index is 11.6. The predicted octanol–water partition coefficient (Wildman–Crippen LogP) is 3.88.